The first-order valence-corrected chi connectivity index (χ1v) is 12.5. The van der Waals surface area contributed by atoms with Gasteiger partial charge in [0, 0.05) is 30.6 Å². The number of rotatable bonds is 3. The third kappa shape index (κ3) is 5.79. The molecule has 1 aromatic carbocycles. The summed E-state index contributed by atoms with van der Waals surface area (Å²) in [6.45, 7) is 10.2. The first-order valence-electron chi connectivity index (χ1n) is 12.5. The van der Waals surface area contributed by atoms with E-state index in [9.17, 15) is 24.6 Å². The second-order valence-electron chi connectivity index (χ2n) is 11.0. The molecule has 2 aliphatic carbocycles. The number of esters is 2. The van der Waals surface area contributed by atoms with E-state index in [1.165, 1.54) is 6.92 Å². The fraction of sp³-hybridized carbons (Fsp3) is 0.552. The lowest BCUT2D eigenvalue weighted by molar-refractivity contribution is -0.146. The largest absolute Gasteiger partial charge is 0.458 e. The van der Waals surface area contributed by atoms with Crippen molar-refractivity contribution in [3.8, 4) is 0 Å². The van der Waals surface area contributed by atoms with Gasteiger partial charge in [0.2, 0.25) is 0 Å². The van der Waals surface area contributed by atoms with Gasteiger partial charge < -0.3 is 19.7 Å². The molecule has 1 fully saturated rings. The van der Waals surface area contributed by atoms with Crippen LogP contribution in [0, 0.1) is 23.2 Å². The second-order valence-corrected chi connectivity index (χ2v) is 11.0. The molecule has 0 bridgehead atoms. The highest BCUT2D eigenvalue weighted by atomic mass is 16.5. The van der Waals surface area contributed by atoms with Gasteiger partial charge in [-0.15, -0.1) is 0 Å². The van der Waals surface area contributed by atoms with Gasteiger partial charge in [-0.2, -0.15) is 0 Å². The molecule has 2 N–H and O–H groups in total. The van der Waals surface area contributed by atoms with Crippen LogP contribution in [0.3, 0.4) is 0 Å². The summed E-state index contributed by atoms with van der Waals surface area (Å²) >= 11 is 0. The average molecular weight is 499 g/mol. The van der Waals surface area contributed by atoms with Gasteiger partial charge in [-0.3, -0.25) is 9.59 Å². The van der Waals surface area contributed by atoms with Crippen molar-refractivity contribution in [1.82, 2.24) is 0 Å². The monoisotopic (exact) mass is 498 g/mol. The number of benzene rings is 1. The Bertz CT molecular complexity index is 1040. The van der Waals surface area contributed by atoms with E-state index in [1.54, 1.807) is 76.3 Å². The van der Waals surface area contributed by atoms with Crippen LogP contribution >= 0.6 is 0 Å². The number of allylic oxidation sites excluding steroid dienone is 1. The molecule has 7 atom stereocenters. The van der Waals surface area contributed by atoms with Crippen LogP contribution in [0.5, 0.6) is 0 Å². The number of ketones is 1. The highest BCUT2D eigenvalue weighted by Crippen LogP contribution is 2.47. The van der Waals surface area contributed by atoms with Crippen LogP contribution in [-0.2, 0) is 19.1 Å². The van der Waals surface area contributed by atoms with Gasteiger partial charge in [0.05, 0.1) is 11.7 Å². The molecule has 1 saturated carbocycles. The van der Waals surface area contributed by atoms with Crippen molar-refractivity contribution >= 4 is 17.7 Å². The molecule has 0 aliphatic heterocycles. The quantitative estimate of drug-likeness (QED) is 0.478. The van der Waals surface area contributed by atoms with E-state index in [0.29, 0.717) is 11.1 Å². The number of Topliss-reactive ketones (excluding diaryl/α,β-unsaturated/α-hetero) is 1. The topological polar surface area (TPSA) is 110 Å². The zero-order valence-corrected chi connectivity index (χ0v) is 21.9. The van der Waals surface area contributed by atoms with Gasteiger partial charge in [0.1, 0.15) is 23.6 Å². The average Bonchev–Trinajstić information content (AvgIpc) is 3.05. The van der Waals surface area contributed by atoms with E-state index < -0.39 is 53.1 Å². The van der Waals surface area contributed by atoms with Crippen LogP contribution in [0.1, 0.15) is 64.7 Å². The predicted octanol–water partition coefficient (Wildman–Crippen LogP) is 4.03. The summed E-state index contributed by atoms with van der Waals surface area (Å²) in [5.41, 5.74) is -1.53. The third-order valence-corrected chi connectivity index (χ3v) is 7.57. The number of hydrogen-bond acceptors (Lipinski definition) is 7. The minimum atomic E-state index is -1.61. The molecular weight excluding hydrogens is 460 g/mol. The maximum Gasteiger partial charge on any atom is 0.338 e. The Hall–Kier alpha value is -2.77. The number of carbonyl (C=O) groups excluding carboxylic acids is 3. The summed E-state index contributed by atoms with van der Waals surface area (Å²) in [5, 5.41) is 23.3. The van der Waals surface area contributed by atoms with Crippen molar-refractivity contribution in [2.45, 2.75) is 78.3 Å². The van der Waals surface area contributed by atoms with Crippen molar-refractivity contribution in [1.29, 1.82) is 0 Å². The molecule has 0 amide bonds. The Morgan fingerprint density at radius 2 is 1.72 bits per heavy atom. The minimum Gasteiger partial charge on any atom is -0.458 e. The number of carbonyl (C=O) groups is 3. The second kappa shape index (κ2) is 10.7. The van der Waals surface area contributed by atoms with Crippen molar-refractivity contribution < 1.29 is 34.1 Å². The Morgan fingerprint density at radius 1 is 1.08 bits per heavy atom. The standard InChI is InChI=1S/C29H38O7/c1-17-12-13-28(5,6)24(31)15-23(35-20(4)30)18(2)14-22-25(19(3)16-29(22,34)26(17)32)36-27(33)21-10-8-7-9-11-21/h7-14,17,19,22-23,25-26,32,34H,15-16H2,1-6H3/t17-,19-,22+,23-,25+,26+,29-/m1/s1. The van der Waals surface area contributed by atoms with Crippen LogP contribution < -0.4 is 0 Å². The molecule has 7 nitrogen and oxygen atoms in total. The van der Waals surface area contributed by atoms with Gasteiger partial charge in [-0.05, 0) is 50.8 Å². The maximum atomic E-state index is 13.1. The number of aliphatic hydroxyl groups is 2. The maximum absolute atomic E-state index is 13.1. The van der Waals surface area contributed by atoms with Crippen molar-refractivity contribution in [3.63, 3.8) is 0 Å². The molecule has 0 spiro atoms. The number of ether oxygens (including phenoxy) is 2. The lowest BCUT2D eigenvalue weighted by Gasteiger charge is -2.38. The van der Waals surface area contributed by atoms with Crippen LogP contribution in [-0.4, -0.2) is 51.8 Å². The Labute approximate surface area is 213 Å². The molecule has 3 rings (SSSR count). The van der Waals surface area contributed by atoms with Gasteiger partial charge >= 0.3 is 11.9 Å². The summed E-state index contributed by atoms with van der Waals surface area (Å²) in [5.74, 6) is -2.70. The minimum absolute atomic E-state index is 0.0363. The van der Waals surface area contributed by atoms with Gasteiger partial charge in [-0.1, -0.05) is 50.3 Å². The first-order chi connectivity index (χ1) is 16.8. The van der Waals surface area contributed by atoms with Crippen LogP contribution in [0.4, 0.5) is 0 Å². The summed E-state index contributed by atoms with van der Waals surface area (Å²) in [6.07, 6.45) is 2.58. The van der Waals surface area contributed by atoms with Crippen LogP contribution in [0.2, 0.25) is 0 Å². The number of hydrogen-bond donors (Lipinski definition) is 2. The molecule has 0 aromatic heterocycles. The molecule has 1 aromatic rings. The normalized spacial score (nSPS) is 34.6. The molecule has 36 heavy (non-hydrogen) atoms. The fourth-order valence-corrected chi connectivity index (χ4v) is 5.28. The first kappa shape index (κ1) is 27.8. The molecule has 2 aliphatic rings. The molecule has 0 unspecified atom stereocenters. The zero-order valence-electron chi connectivity index (χ0n) is 21.9. The van der Waals surface area contributed by atoms with Crippen LogP contribution in [0.25, 0.3) is 0 Å². The summed E-state index contributed by atoms with van der Waals surface area (Å²) in [7, 11) is 0. The Balaban J connectivity index is 2.09. The molecule has 7 heteroatoms. The molecule has 0 heterocycles. The SMILES string of the molecule is CC(=O)O[C@@H]1CC(=O)C(C)(C)C=C[C@@H](C)[C@H](O)[C@@]2(O)C[C@@H](C)[C@H](OC(=O)c3ccccc3)[C@@H]2C=C1C. The van der Waals surface area contributed by atoms with E-state index in [-0.39, 0.29) is 24.5 Å². The summed E-state index contributed by atoms with van der Waals surface area (Å²) in [6, 6.07) is 8.59. The van der Waals surface area contributed by atoms with E-state index >= 15 is 0 Å². The van der Waals surface area contributed by atoms with Crippen LogP contribution in [0.15, 0.2) is 54.1 Å². The van der Waals surface area contributed by atoms with E-state index in [1.807, 2.05) is 6.92 Å². The van der Waals surface area contributed by atoms with Crippen molar-refractivity contribution in [2.75, 3.05) is 0 Å². The zero-order chi connectivity index (χ0) is 26.8. The summed E-state index contributed by atoms with van der Waals surface area (Å²) < 4.78 is 11.4. The smallest absolute Gasteiger partial charge is 0.338 e. The lowest BCUT2D eigenvalue weighted by atomic mass is 9.76. The predicted molar refractivity (Wildman–Crippen MR) is 135 cm³/mol. The van der Waals surface area contributed by atoms with Gasteiger partial charge in [0.25, 0.3) is 0 Å². The van der Waals surface area contributed by atoms with E-state index in [2.05, 4.69) is 0 Å². The van der Waals surface area contributed by atoms with E-state index in [0.717, 1.165) is 0 Å². The fourth-order valence-electron chi connectivity index (χ4n) is 5.28. The Kier molecular flexibility index (Phi) is 8.26. The van der Waals surface area contributed by atoms with Crippen molar-refractivity contribution in [2.24, 2.45) is 23.2 Å². The molecular formula is C29H38O7. The molecule has 196 valence electrons. The van der Waals surface area contributed by atoms with Gasteiger partial charge in [-0.25, -0.2) is 4.79 Å². The van der Waals surface area contributed by atoms with E-state index in [4.69, 9.17) is 9.47 Å². The highest BCUT2D eigenvalue weighted by Gasteiger charge is 2.57. The van der Waals surface area contributed by atoms with Gasteiger partial charge in [0.15, 0.2) is 0 Å². The number of aliphatic hydroxyl groups excluding tert-OH is 1. The lowest BCUT2D eigenvalue weighted by Crippen LogP contribution is -2.50. The molecule has 0 saturated heterocycles. The van der Waals surface area contributed by atoms with Crippen molar-refractivity contribution in [3.05, 3.63) is 59.7 Å². The molecule has 0 radical (unpaired) electrons. The Morgan fingerprint density at radius 3 is 2.33 bits per heavy atom. The number of fused-ring (bicyclic) bond motifs is 1. The highest BCUT2D eigenvalue weighted by molar-refractivity contribution is 5.89. The summed E-state index contributed by atoms with van der Waals surface area (Å²) in [4.78, 5) is 37.9. The third-order valence-electron chi connectivity index (χ3n) is 7.57.